The van der Waals surface area contributed by atoms with Crippen LogP contribution in [0, 0.1) is 5.92 Å². The lowest BCUT2D eigenvalue weighted by Crippen LogP contribution is -2.59. The number of nitrogens with zero attached hydrogens (tertiary/aromatic N) is 1. The molecule has 1 rings (SSSR count). The first-order chi connectivity index (χ1) is 17.0. The van der Waals surface area contributed by atoms with Crippen LogP contribution in [0.15, 0.2) is 12.5 Å². The molecule has 1 aromatic heterocycles. The molecule has 10 N–H and O–H groups in total. The summed E-state index contributed by atoms with van der Waals surface area (Å²) in [6, 6.07) is -4.94. The summed E-state index contributed by atoms with van der Waals surface area (Å²) in [7, 11) is 0. The molecule has 0 saturated heterocycles. The first-order valence-electron chi connectivity index (χ1n) is 11.8. The average Bonchev–Trinajstić information content (AvgIpc) is 3.33. The number of carbonyl (C=O) groups excluding carboxylic acids is 3. The molecule has 202 valence electrons. The fourth-order valence-electron chi connectivity index (χ4n) is 3.34. The Morgan fingerprint density at radius 2 is 1.69 bits per heavy atom. The SMILES string of the molecule is CCC(C)C(NC(=O)C(N)CCCCN)C(=O)NC(CC(=O)O)C(=O)NC(Cc1cnc[nH]1)C(=O)O. The number of hydrogen-bond donors (Lipinski definition) is 8. The highest BCUT2D eigenvalue weighted by Crippen LogP contribution is 2.10. The molecular weight excluding hydrogens is 474 g/mol. The highest BCUT2D eigenvalue weighted by atomic mass is 16.4. The molecule has 0 aliphatic heterocycles. The number of carboxylic acids is 2. The van der Waals surface area contributed by atoms with Gasteiger partial charge in [0.2, 0.25) is 17.7 Å². The Labute approximate surface area is 209 Å². The van der Waals surface area contributed by atoms with Crippen LogP contribution in [0.5, 0.6) is 0 Å². The molecule has 0 radical (unpaired) electrons. The maximum atomic E-state index is 13.0. The molecule has 14 nitrogen and oxygen atoms in total. The molecule has 0 spiro atoms. The fourth-order valence-corrected chi connectivity index (χ4v) is 3.34. The second-order valence-electron chi connectivity index (χ2n) is 8.60. The van der Waals surface area contributed by atoms with Crippen molar-refractivity contribution in [3.05, 3.63) is 18.2 Å². The van der Waals surface area contributed by atoms with E-state index in [0.717, 1.165) is 0 Å². The summed E-state index contributed by atoms with van der Waals surface area (Å²) >= 11 is 0. The molecular formula is C22H37N7O7. The van der Waals surface area contributed by atoms with Crippen molar-refractivity contribution in [2.45, 2.75) is 76.5 Å². The summed E-state index contributed by atoms with van der Waals surface area (Å²) in [6.07, 6.45) is 3.98. The van der Waals surface area contributed by atoms with E-state index in [1.807, 2.05) is 0 Å². The van der Waals surface area contributed by atoms with Crippen molar-refractivity contribution in [1.29, 1.82) is 0 Å². The molecule has 0 saturated carbocycles. The van der Waals surface area contributed by atoms with Gasteiger partial charge in [0.25, 0.3) is 0 Å². The smallest absolute Gasteiger partial charge is 0.326 e. The van der Waals surface area contributed by atoms with Gasteiger partial charge in [-0.1, -0.05) is 26.7 Å². The van der Waals surface area contributed by atoms with Gasteiger partial charge in [-0.15, -0.1) is 0 Å². The van der Waals surface area contributed by atoms with Crippen LogP contribution < -0.4 is 27.4 Å². The zero-order valence-electron chi connectivity index (χ0n) is 20.5. The van der Waals surface area contributed by atoms with E-state index < -0.39 is 60.2 Å². The molecule has 14 heteroatoms. The maximum Gasteiger partial charge on any atom is 0.326 e. The van der Waals surface area contributed by atoms with Crippen LogP contribution in [0.25, 0.3) is 0 Å². The number of nitrogens with one attached hydrogen (secondary N) is 4. The quantitative estimate of drug-likeness (QED) is 0.112. The van der Waals surface area contributed by atoms with Gasteiger partial charge in [0.05, 0.1) is 18.8 Å². The molecule has 0 aliphatic rings. The number of carbonyl (C=O) groups is 5. The summed E-state index contributed by atoms with van der Waals surface area (Å²) in [5.74, 6) is -5.45. The molecule has 36 heavy (non-hydrogen) atoms. The number of aromatic amines is 1. The average molecular weight is 512 g/mol. The minimum Gasteiger partial charge on any atom is -0.481 e. The number of rotatable bonds is 17. The van der Waals surface area contributed by atoms with Crippen LogP contribution in [-0.4, -0.2) is 80.6 Å². The molecule has 0 fully saturated rings. The zero-order chi connectivity index (χ0) is 27.3. The number of H-pyrrole nitrogens is 1. The third kappa shape index (κ3) is 10.4. The van der Waals surface area contributed by atoms with Crippen molar-refractivity contribution in [1.82, 2.24) is 25.9 Å². The van der Waals surface area contributed by atoms with E-state index in [9.17, 15) is 34.2 Å². The molecule has 3 amide bonds. The summed E-state index contributed by atoms with van der Waals surface area (Å²) in [6.45, 7) is 3.97. The second-order valence-corrected chi connectivity index (χ2v) is 8.60. The number of imidazole rings is 1. The third-order valence-corrected chi connectivity index (χ3v) is 5.70. The number of hydrogen-bond acceptors (Lipinski definition) is 8. The minimum atomic E-state index is -1.58. The second kappa shape index (κ2) is 15.5. The lowest BCUT2D eigenvalue weighted by Gasteiger charge is -2.27. The van der Waals surface area contributed by atoms with Gasteiger partial charge in [0.1, 0.15) is 18.1 Å². The summed E-state index contributed by atoms with van der Waals surface area (Å²) < 4.78 is 0. The Hall–Kier alpha value is -3.52. The summed E-state index contributed by atoms with van der Waals surface area (Å²) in [5.41, 5.74) is 11.8. The van der Waals surface area contributed by atoms with Gasteiger partial charge >= 0.3 is 11.9 Å². The number of carboxylic acid groups (broad SMARTS) is 2. The van der Waals surface area contributed by atoms with Gasteiger partial charge in [-0.05, 0) is 25.3 Å². The van der Waals surface area contributed by atoms with Gasteiger partial charge in [-0.25, -0.2) is 9.78 Å². The minimum absolute atomic E-state index is 0.137. The predicted octanol–water partition coefficient (Wildman–Crippen LogP) is -1.53. The van der Waals surface area contributed by atoms with Crippen LogP contribution in [0.4, 0.5) is 0 Å². The normalized spacial score (nSPS) is 15.1. The van der Waals surface area contributed by atoms with E-state index >= 15 is 0 Å². The van der Waals surface area contributed by atoms with Crippen molar-refractivity contribution in [3.63, 3.8) is 0 Å². The number of nitrogens with two attached hydrogens (primary N) is 2. The number of amides is 3. The van der Waals surface area contributed by atoms with Gasteiger partial charge in [-0.2, -0.15) is 0 Å². The van der Waals surface area contributed by atoms with Gasteiger partial charge in [0.15, 0.2) is 0 Å². The third-order valence-electron chi connectivity index (χ3n) is 5.70. The molecule has 0 bridgehead atoms. The Balaban J connectivity index is 2.96. The lowest BCUT2D eigenvalue weighted by molar-refractivity contribution is -0.143. The van der Waals surface area contributed by atoms with E-state index in [1.165, 1.54) is 12.5 Å². The van der Waals surface area contributed by atoms with E-state index in [0.29, 0.717) is 37.9 Å². The fraction of sp³-hybridized carbons (Fsp3) is 0.636. The topological polar surface area (TPSA) is 243 Å². The van der Waals surface area contributed by atoms with Crippen LogP contribution in [0.1, 0.15) is 51.6 Å². The van der Waals surface area contributed by atoms with Gasteiger partial charge in [0, 0.05) is 18.3 Å². The molecule has 1 aromatic rings. The maximum absolute atomic E-state index is 13.0. The van der Waals surface area contributed by atoms with Gasteiger partial charge < -0.3 is 42.6 Å². The molecule has 0 aliphatic carbocycles. The zero-order valence-corrected chi connectivity index (χ0v) is 20.5. The van der Waals surface area contributed by atoms with E-state index in [-0.39, 0.29) is 12.3 Å². The van der Waals surface area contributed by atoms with Crippen molar-refractivity contribution < 1.29 is 34.2 Å². The summed E-state index contributed by atoms with van der Waals surface area (Å²) in [4.78, 5) is 67.9. The van der Waals surface area contributed by atoms with Crippen LogP contribution >= 0.6 is 0 Å². The van der Waals surface area contributed by atoms with Crippen LogP contribution in [0.2, 0.25) is 0 Å². The van der Waals surface area contributed by atoms with Crippen molar-refractivity contribution in [3.8, 4) is 0 Å². The summed E-state index contributed by atoms with van der Waals surface area (Å²) in [5, 5.41) is 25.9. The largest absolute Gasteiger partial charge is 0.481 e. The van der Waals surface area contributed by atoms with Crippen molar-refractivity contribution in [2.24, 2.45) is 17.4 Å². The Morgan fingerprint density at radius 1 is 1.03 bits per heavy atom. The predicted molar refractivity (Wildman–Crippen MR) is 128 cm³/mol. The Bertz CT molecular complexity index is 878. The number of aliphatic carboxylic acids is 2. The Kier molecular flexibility index (Phi) is 13.1. The lowest BCUT2D eigenvalue weighted by atomic mass is 9.97. The van der Waals surface area contributed by atoms with Crippen LogP contribution in [-0.2, 0) is 30.4 Å². The van der Waals surface area contributed by atoms with Gasteiger partial charge in [-0.3, -0.25) is 19.2 Å². The van der Waals surface area contributed by atoms with Crippen LogP contribution in [0.3, 0.4) is 0 Å². The Morgan fingerprint density at radius 3 is 2.22 bits per heavy atom. The molecule has 0 aromatic carbocycles. The standard InChI is InChI=1S/C22H37N7O7/c1-3-12(2)18(29-19(32)14(24)6-4-5-7-23)21(34)27-15(9-17(30)31)20(33)28-16(22(35)36)8-13-10-25-11-26-13/h10-12,14-16,18H,3-9,23-24H2,1-2H3,(H,25,26)(H,27,34)(H,28,33)(H,29,32)(H,30,31)(H,35,36). The highest BCUT2D eigenvalue weighted by Gasteiger charge is 2.33. The monoisotopic (exact) mass is 511 g/mol. The highest BCUT2D eigenvalue weighted by molar-refractivity contribution is 5.95. The molecule has 1 heterocycles. The first kappa shape index (κ1) is 30.5. The van der Waals surface area contributed by atoms with E-state index in [4.69, 9.17) is 11.5 Å². The van der Waals surface area contributed by atoms with Crippen molar-refractivity contribution >= 4 is 29.7 Å². The number of aromatic nitrogens is 2. The van der Waals surface area contributed by atoms with Crippen molar-refractivity contribution in [2.75, 3.05) is 6.54 Å². The first-order valence-corrected chi connectivity index (χ1v) is 11.8. The van der Waals surface area contributed by atoms with E-state index in [2.05, 4.69) is 25.9 Å². The molecule has 5 atom stereocenters. The molecule has 5 unspecified atom stereocenters. The van der Waals surface area contributed by atoms with E-state index in [1.54, 1.807) is 13.8 Å². The number of unbranched alkanes of at least 4 members (excludes halogenated alkanes) is 1.